The molecule has 2 rings (SSSR count). The van der Waals surface area contributed by atoms with Gasteiger partial charge in [0.1, 0.15) is 5.70 Å². The van der Waals surface area contributed by atoms with Crippen molar-refractivity contribution in [3.05, 3.63) is 54.7 Å². The number of carbonyl (C=O) groups excluding carboxylic acids is 1. The molecule has 110 valence electrons. The number of nitrogens with one attached hydrogen (secondary N) is 1. The van der Waals surface area contributed by atoms with E-state index in [0.717, 1.165) is 10.8 Å². The monoisotopic (exact) mass is 305 g/mol. The first kappa shape index (κ1) is 15.1. The Morgan fingerprint density at radius 2 is 1.86 bits per heavy atom. The molecule has 0 aliphatic rings. The van der Waals surface area contributed by atoms with Crippen molar-refractivity contribution in [2.75, 3.05) is 6.61 Å². The van der Waals surface area contributed by atoms with Crippen LogP contribution in [0.25, 0.3) is 10.8 Å². The number of hydrogen-bond donors (Lipinski definition) is 1. The third-order valence-electron chi connectivity index (χ3n) is 2.81. The highest BCUT2D eigenvalue weighted by atomic mass is 32.2. The summed E-state index contributed by atoms with van der Waals surface area (Å²) in [7, 11) is -3.86. The third kappa shape index (κ3) is 3.41. The molecule has 0 atom stereocenters. The minimum atomic E-state index is -3.86. The summed E-state index contributed by atoms with van der Waals surface area (Å²) in [6, 6.07) is 12.1. The molecule has 0 aliphatic heterocycles. The number of carbonyl (C=O) groups is 1. The lowest BCUT2D eigenvalue weighted by molar-refractivity contribution is -0.138. The Labute approximate surface area is 123 Å². The van der Waals surface area contributed by atoms with Gasteiger partial charge in [0.25, 0.3) is 10.0 Å². The molecule has 0 fully saturated rings. The fourth-order valence-electron chi connectivity index (χ4n) is 1.82. The van der Waals surface area contributed by atoms with Crippen LogP contribution in [-0.2, 0) is 19.6 Å². The maximum atomic E-state index is 12.2. The molecule has 0 bridgehead atoms. The lowest BCUT2D eigenvalue weighted by Gasteiger charge is -2.10. The smallest absolute Gasteiger partial charge is 0.354 e. The second-order valence-corrected chi connectivity index (χ2v) is 6.00. The topological polar surface area (TPSA) is 72.5 Å². The Bertz CT molecular complexity index is 796. The van der Waals surface area contributed by atoms with Crippen LogP contribution in [0.5, 0.6) is 0 Å². The van der Waals surface area contributed by atoms with Gasteiger partial charge in [-0.3, -0.25) is 4.72 Å². The molecule has 0 unspecified atom stereocenters. The maximum Gasteiger partial charge on any atom is 0.354 e. The van der Waals surface area contributed by atoms with Crippen LogP contribution in [0.3, 0.4) is 0 Å². The average Bonchev–Trinajstić information content (AvgIpc) is 2.46. The molecular formula is C15H15NO4S. The fourth-order valence-corrected chi connectivity index (χ4v) is 2.87. The van der Waals surface area contributed by atoms with Crippen LogP contribution in [0, 0.1) is 0 Å². The number of sulfonamides is 1. The highest BCUT2D eigenvalue weighted by Crippen LogP contribution is 2.19. The Morgan fingerprint density at radius 1 is 1.19 bits per heavy atom. The molecule has 2 aromatic rings. The summed E-state index contributed by atoms with van der Waals surface area (Å²) in [5.41, 5.74) is -0.315. The number of benzene rings is 2. The summed E-state index contributed by atoms with van der Waals surface area (Å²) < 4.78 is 31.2. The zero-order chi connectivity index (χ0) is 15.5. The van der Waals surface area contributed by atoms with Crippen LogP contribution in [0.4, 0.5) is 0 Å². The van der Waals surface area contributed by atoms with Crippen molar-refractivity contribution in [2.24, 2.45) is 0 Å². The van der Waals surface area contributed by atoms with Gasteiger partial charge in [0, 0.05) is 0 Å². The van der Waals surface area contributed by atoms with E-state index in [1.807, 2.05) is 24.3 Å². The molecule has 1 N–H and O–H groups in total. The van der Waals surface area contributed by atoms with E-state index in [1.54, 1.807) is 13.0 Å². The average molecular weight is 305 g/mol. The van der Waals surface area contributed by atoms with E-state index in [-0.39, 0.29) is 17.2 Å². The second-order valence-electron chi connectivity index (χ2n) is 4.31. The van der Waals surface area contributed by atoms with Crippen molar-refractivity contribution in [3.8, 4) is 0 Å². The molecule has 0 spiro atoms. The number of rotatable bonds is 5. The molecule has 5 nitrogen and oxygen atoms in total. The van der Waals surface area contributed by atoms with Crippen LogP contribution >= 0.6 is 0 Å². The van der Waals surface area contributed by atoms with E-state index in [2.05, 4.69) is 11.3 Å². The van der Waals surface area contributed by atoms with Crippen molar-refractivity contribution in [1.29, 1.82) is 0 Å². The summed E-state index contributed by atoms with van der Waals surface area (Å²) in [5.74, 6) is -0.790. The zero-order valence-corrected chi connectivity index (χ0v) is 12.3. The standard InChI is InChI=1S/C15H15NO4S/c1-3-20-15(17)11(2)16-21(18,19)14-9-8-12-6-4-5-7-13(12)10-14/h4-10,16H,2-3H2,1H3. The highest BCUT2D eigenvalue weighted by molar-refractivity contribution is 7.89. The molecule has 21 heavy (non-hydrogen) atoms. The SMILES string of the molecule is C=C(NS(=O)(=O)c1ccc2ccccc2c1)C(=O)OCC. The second kappa shape index (κ2) is 5.97. The van der Waals surface area contributed by atoms with E-state index >= 15 is 0 Å². The number of esters is 1. The Hall–Kier alpha value is -2.34. The summed E-state index contributed by atoms with van der Waals surface area (Å²) >= 11 is 0. The highest BCUT2D eigenvalue weighted by Gasteiger charge is 2.19. The minimum absolute atomic E-state index is 0.0617. The normalized spacial score (nSPS) is 11.1. The van der Waals surface area contributed by atoms with Gasteiger partial charge >= 0.3 is 5.97 Å². The first-order valence-corrected chi connectivity index (χ1v) is 7.80. The van der Waals surface area contributed by atoms with E-state index < -0.39 is 16.0 Å². The number of ether oxygens (including phenoxy) is 1. The first-order chi connectivity index (χ1) is 9.94. The van der Waals surface area contributed by atoms with Crippen molar-refractivity contribution < 1.29 is 17.9 Å². The van der Waals surface area contributed by atoms with Crippen LogP contribution < -0.4 is 4.72 Å². The van der Waals surface area contributed by atoms with Gasteiger partial charge in [-0.25, -0.2) is 13.2 Å². The molecule has 0 aliphatic carbocycles. The van der Waals surface area contributed by atoms with Crippen LogP contribution in [-0.4, -0.2) is 21.0 Å². The molecule has 6 heteroatoms. The fraction of sp³-hybridized carbons (Fsp3) is 0.133. The van der Waals surface area contributed by atoms with E-state index in [1.165, 1.54) is 12.1 Å². The third-order valence-corrected chi connectivity index (χ3v) is 4.20. The van der Waals surface area contributed by atoms with Crippen molar-refractivity contribution >= 4 is 26.8 Å². The molecule has 2 aromatic carbocycles. The van der Waals surface area contributed by atoms with Gasteiger partial charge in [0.15, 0.2) is 0 Å². The van der Waals surface area contributed by atoms with E-state index in [9.17, 15) is 13.2 Å². The van der Waals surface area contributed by atoms with Crippen molar-refractivity contribution in [1.82, 2.24) is 4.72 Å². The maximum absolute atomic E-state index is 12.2. The van der Waals surface area contributed by atoms with Crippen molar-refractivity contribution in [2.45, 2.75) is 11.8 Å². The van der Waals surface area contributed by atoms with Crippen LogP contribution in [0.15, 0.2) is 59.6 Å². The number of fused-ring (bicyclic) bond motifs is 1. The van der Waals surface area contributed by atoms with Crippen LogP contribution in [0.2, 0.25) is 0 Å². The van der Waals surface area contributed by atoms with Gasteiger partial charge in [0.05, 0.1) is 11.5 Å². The first-order valence-electron chi connectivity index (χ1n) is 6.31. The molecule has 0 heterocycles. The lowest BCUT2D eigenvalue weighted by atomic mass is 10.1. The van der Waals surface area contributed by atoms with Gasteiger partial charge < -0.3 is 4.74 Å². The summed E-state index contributed by atoms with van der Waals surface area (Å²) in [6.07, 6.45) is 0. The lowest BCUT2D eigenvalue weighted by Crippen LogP contribution is -2.28. The molecule has 0 aromatic heterocycles. The number of hydrogen-bond acceptors (Lipinski definition) is 4. The van der Waals surface area contributed by atoms with E-state index in [0.29, 0.717) is 0 Å². The summed E-state index contributed by atoms with van der Waals surface area (Å²) in [6.45, 7) is 5.16. The zero-order valence-electron chi connectivity index (χ0n) is 11.5. The molecule has 0 radical (unpaired) electrons. The molecular weight excluding hydrogens is 290 g/mol. The predicted molar refractivity (Wildman–Crippen MR) is 80.0 cm³/mol. The molecule has 0 amide bonds. The van der Waals surface area contributed by atoms with Crippen LogP contribution in [0.1, 0.15) is 6.92 Å². The van der Waals surface area contributed by atoms with Gasteiger partial charge in [-0.15, -0.1) is 0 Å². The minimum Gasteiger partial charge on any atom is -0.461 e. The van der Waals surface area contributed by atoms with Gasteiger partial charge in [-0.2, -0.15) is 0 Å². The summed E-state index contributed by atoms with van der Waals surface area (Å²) in [5, 5.41) is 1.72. The van der Waals surface area contributed by atoms with E-state index in [4.69, 9.17) is 4.74 Å². The van der Waals surface area contributed by atoms with Crippen molar-refractivity contribution in [3.63, 3.8) is 0 Å². The Kier molecular flexibility index (Phi) is 4.28. The molecule has 0 saturated carbocycles. The van der Waals surface area contributed by atoms with Gasteiger partial charge in [0.2, 0.25) is 0 Å². The Morgan fingerprint density at radius 3 is 2.52 bits per heavy atom. The van der Waals surface area contributed by atoms with Gasteiger partial charge in [-0.1, -0.05) is 36.9 Å². The predicted octanol–water partition coefficient (Wildman–Crippen LogP) is 2.19. The largest absolute Gasteiger partial charge is 0.461 e. The summed E-state index contributed by atoms with van der Waals surface area (Å²) in [4.78, 5) is 11.5. The quantitative estimate of drug-likeness (QED) is 0.679. The van der Waals surface area contributed by atoms with Gasteiger partial charge in [-0.05, 0) is 29.8 Å². The Balaban J connectivity index is 2.29. The molecule has 0 saturated heterocycles.